The Balaban J connectivity index is 1.75. The van der Waals surface area contributed by atoms with Crippen LogP contribution in [0.1, 0.15) is 41.9 Å². The van der Waals surface area contributed by atoms with E-state index in [1.54, 1.807) is 31.4 Å². The molecule has 146 valence electrons. The summed E-state index contributed by atoms with van der Waals surface area (Å²) in [5.41, 5.74) is 0.624. The average molecular weight is 410 g/mol. The number of hydrogen-bond acceptors (Lipinski definition) is 7. The van der Waals surface area contributed by atoms with Gasteiger partial charge in [0.25, 0.3) is 0 Å². The molecule has 2 unspecified atom stereocenters. The van der Waals surface area contributed by atoms with Gasteiger partial charge in [-0.05, 0) is 37.1 Å². The number of Topliss-reactive ketones (excluding diaryl/α,β-unsaturated/α-hetero) is 1. The van der Waals surface area contributed by atoms with E-state index in [9.17, 15) is 13.2 Å². The molecule has 0 radical (unpaired) electrons. The lowest BCUT2D eigenvalue weighted by molar-refractivity contribution is 0.0988. The van der Waals surface area contributed by atoms with Crippen LogP contribution >= 0.6 is 11.8 Å². The second-order valence-electron chi connectivity index (χ2n) is 6.61. The van der Waals surface area contributed by atoms with E-state index >= 15 is 0 Å². The highest BCUT2D eigenvalue weighted by atomic mass is 32.2. The van der Waals surface area contributed by atoms with Crippen LogP contribution in [-0.4, -0.2) is 52.8 Å². The highest BCUT2D eigenvalue weighted by Gasteiger charge is 2.33. The average Bonchev–Trinajstić information content (AvgIpc) is 3.21. The van der Waals surface area contributed by atoms with Gasteiger partial charge in [-0.2, -0.15) is 0 Å². The molecule has 2 heterocycles. The molecule has 0 aliphatic carbocycles. The Morgan fingerprint density at radius 2 is 2.04 bits per heavy atom. The van der Waals surface area contributed by atoms with Crippen molar-refractivity contribution in [1.82, 2.24) is 14.8 Å². The van der Waals surface area contributed by atoms with Crippen molar-refractivity contribution < 1.29 is 17.9 Å². The van der Waals surface area contributed by atoms with Crippen LogP contribution in [-0.2, 0) is 16.9 Å². The van der Waals surface area contributed by atoms with E-state index in [2.05, 4.69) is 10.2 Å². The Labute approximate surface area is 163 Å². The van der Waals surface area contributed by atoms with E-state index in [0.29, 0.717) is 35.1 Å². The molecule has 0 amide bonds. The molecule has 1 saturated heterocycles. The van der Waals surface area contributed by atoms with Gasteiger partial charge in [0, 0.05) is 18.5 Å². The number of thioether (sulfide) groups is 1. The predicted molar refractivity (Wildman–Crippen MR) is 104 cm³/mol. The Morgan fingerprint density at radius 3 is 2.59 bits per heavy atom. The number of carbonyl (C=O) groups is 1. The van der Waals surface area contributed by atoms with Crippen LogP contribution in [0.15, 0.2) is 29.4 Å². The predicted octanol–water partition coefficient (Wildman–Crippen LogP) is 2.48. The number of rotatable bonds is 7. The second kappa shape index (κ2) is 8.02. The third-order valence-electron chi connectivity index (χ3n) is 4.75. The summed E-state index contributed by atoms with van der Waals surface area (Å²) in [4.78, 5) is 12.8. The van der Waals surface area contributed by atoms with Crippen LogP contribution in [0, 0.1) is 0 Å². The van der Waals surface area contributed by atoms with Crippen molar-refractivity contribution in [3.63, 3.8) is 0 Å². The van der Waals surface area contributed by atoms with Gasteiger partial charge in [-0.25, -0.2) is 8.42 Å². The highest BCUT2D eigenvalue weighted by Crippen LogP contribution is 2.32. The van der Waals surface area contributed by atoms with Crippen LogP contribution in [0.4, 0.5) is 0 Å². The third-order valence-corrected chi connectivity index (χ3v) is 7.92. The maximum absolute atomic E-state index is 12.8. The standard InChI is InChI=1S/C18H23N3O4S2/c1-4-15(16(22)12-5-7-14(25-3)8-6-12)26-18-20-19-17(21(18)2)13-9-10-27(23,24)11-13/h5-8,13,15H,4,9-11H2,1-3H3. The zero-order chi connectivity index (χ0) is 19.6. The molecule has 1 fully saturated rings. The molecule has 3 rings (SSSR count). The number of ether oxygens (including phenoxy) is 1. The lowest BCUT2D eigenvalue weighted by Crippen LogP contribution is -2.17. The van der Waals surface area contributed by atoms with E-state index < -0.39 is 9.84 Å². The number of carbonyl (C=O) groups excluding carboxylic acids is 1. The number of benzene rings is 1. The molecule has 27 heavy (non-hydrogen) atoms. The molecule has 0 N–H and O–H groups in total. The Kier molecular flexibility index (Phi) is 5.90. The second-order valence-corrected chi connectivity index (χ2v) is 10.0. The van der Waals surface area contributed by atoms with Gasteiger partial charge in [-0.3, -0.25) is 4.79 Å². The van der Waals surface area contributed by atoms with Gasteiger partial charge in [0.05, 0.1) is 23.9 Å². The van der Waals surface area contributed by atoms with Crippen LogP contribution in [0.2, 0.25) is 0 Å². The molecule has 1 aromatic carbocycles. The lowest BCUT2D eigenvalue weighted by Gasteiger charge is -2.14. The molecule has 0 bridgehead atoms. The van der Waals surface area contributed by atoms with Crippen molar-refractivity contribution in [2.75, 3.05) is 18.6 Å². The smallest absolute Gasteiger partial charge is 0.191 e. The van der Waals surface area contributed by atoms with Gasteiger partial charge in [0.15, 0.2) is 20.8 Å². The SMILES string of the molecule is CCC(Sc1nnc(C2CCS(=O)(=O)C2)n1C)C(=O)c1ccc(OC)cc1. The molecule has 1 aliphatic heterocycles. The number of sulfone groups is 1. The zero-order valence-electron chi connectivity index (χ0n) is 15.6. The summed E-state index contributed by atoms with van der Waals surface area (Å²) in [7, 11) is 0.426. The van der Waals surface area contributed by atoms with Gasteiger partial charge < -0.3 is 9.30 Å². The lowest BCUT2D eigenvalue weighted by atomic mass is 10.1. The molecule has 7 nitrogen and oxygen atoms in total. The molecular weight excluding hydrogens is 386 g/mol. The molecule has 1 aromatic heterocycles. The van der Waals surface area contributed by atoms with Crippen LogP contribution < -0.4 is 4.74 Å². The van der Waals surface area contributed by atoms with Crippen molar-refractivity contribution in [3.05, 3.63) is 35.7 Å². The molecule has 9 heteroatoms. The summed E-state index contributed by atoms with van der Waals surface area (Å²) in [5.74, 6) is 1.59. The molecular formula is C18H23N3O4S2. The number of ketones is 1. The van der Waals surface area contributed by atoms with Crippen molar-refractivity contribution in [3.8, 4) is 5.75 Å². The number of aromatic nitrogens is 3. The van der Waals surface area contributed by atoms with Crippen LogP contribution in [0.25, 0.3) is 0 Å². The van der Waals surface area contributed by atoms with Gasteiger partial charge in [-0.1, -0.05) is 18.7 Å². The molecule has 2 atom stereocenters. The summed E-state index contributed by atoms with van der Waals surface area (Å²) in [6.07, 6.45) is 1.22. The first kappa shape index (κ1) is 19.9. The van der Waals surface area contributed by atoms with E-state index in [-0.39, 0.29) is 28.5 Å². The first-order chi connectivity index (χ1) is 12.8. The summed E-state index contributed by atoms with van der Waals surface area (Å²) in [6, 6.07) is 7.06. The highest BCUT2D eigenvalue weighted by molar-refractivity contribution is 8.00. The minimum atomic E-state index is -2.99. The van der Waals surface area contributed by atoms with Crippen molar-refractivity contribution in [1.29, 1.82) is 0 Å². The number of hydrogen-bond donors (Lipinski definition) is 0. The van der Waals surface area contributed by atoms with Crippen molar-refractivity contribution >= 4 is 27.4 Å². The fourth-order valence-electron chi connectivity index (χ4n) is 3.17. The summed E-state index contributed by atoms with van der Waals surface area (Å²) in [5, 5.41) is 8.75. The summed E-state index contributed by atoms with van der Waals surface area (Å²) < 4.78 is 30.4. The van der Waals surface area contributed by atoms with E-state index in [0.717, 1.165) is 0 Å². The number of nitrogens with zero attached hydrogens (tertiary/aromatic N) is 3. The van der Waals surface area contributed by atoms with Crippen LogP contribution in [0.5, 0.6) is 5.75 Å². The van der Waals surface area contributed by atoms with Gasteiger partial charge in [0.1, 0.15) is 11.6 Å². The zero-order valence-corrected chi connectivity index (χ0v) is 17.2. The minimum Gasteiger partial charge on any atom is -0.497 e. The number of methoxy groups -OCH3 is 1. The maximum atomic E-state index is 12.8. The van der Waals surface area contributed by atoms with Crippen molar-refractivity contribution in [2.45, 2.75) is 36.1 Å². The quantitative estimate of drug-likeness (QED) is 0.512. The monoisotopic (exact) mass is 409 g/mol. The summed E-state index contributed by atoms with van der Waals surface area (Å²) >= 11 is 1.37. The van der Waals surface area contributed by atoms with E-state index in [4.69, 9.17) is 4.74 Å². The fourth-order valence-corrected chi connectivity index (χ4v) is 5.92. The summed E-state index contributed by atoms with van der Waals surface area (Å²) in [6.45, 7) is 1.96. The van der Waals surface area contributed by atoms with Crippen molar-refractivity contribution in [2.24, 2.45) is 7.05 Å². The Bertz CT molecular complexity index is 923. The topological polar surface area (TPSA) is 91.1 Å². The Morgan fingerprint density at radius 1 is 1.33 bits per heavy atom. The van der Waals surface area contributed by atoms with Gasteiger partial charge in [0.2, 0.25) is 0 Å². The van der Waals surface area contributed by atoms with Crippen LogP contribution in [0.3, 0.4) is 0 Å². The molecule has 0 spiro atoms. The largest absolute Gasteiger partial charge is 0.497 e. The van der Waals surface area contributed by atoms with Gasteiger partial charge >= 0.3 is 0 Å². The molecule has 1 aliphatic rings. The van der Waals surface area contributed by atoms with E-state index in [1.165, 1.54) is 11.8 Å². The normalized spacial score (nSPS) is 19.7. The Hall–Kier alpha value is -1.87. The first-order valence-corrected chi connectivity index (χ1v) is 11.5. The first-order valence-electron chi connectivity index (χ1n) is 8.79. The maximum Gasteiger partial charge on any atom is 0.191 e. The van der Waals surface area contributed by atoms with E-state index in [1.807, 2.05) is 18.5 Å². The minimum absolute atomic E-state index is 0.0261. The van der Waals surface area contributed by atoms with Gasteiger partial charge in [-0.15, -0.1) is 10.2 Å². The fraction of sp³-hybridized carbons (Fsp3) is 0.500. The molecule has 2 aromatic rings. The third kappa shape index (κ3) is 4.35. The molecule has 0 saturated carbocycles.